The van der Waals surface area contributed by atoms with E-state index in [-0.39, 0.29) is 11.5 Å². The number of benzene rings is 3. The van der Waals surface area contributed by atoms with Crippen LogP contribution in [0.3, 0.4) is 0 Å². The minimum absolute atomic E-state index is 0.135. The number of amides is 1. The maximum Gasteiger partial charge on any atom is 0.263 e. The average Bonchev–Trinajstić information content (AvgIpc) is 3.32. The van der Waals surface area contributed by atoms with Gasteiger partial charge in [0.25, 0.3) is 5.56 Å². The Morgan fingerprint density at radius 2 is 1.72 bits per heavy atom. The van der Waals surface area contributed by atoms with Crippen molar-refractivity contribution < 1.29 is 9.53 Å². The highest BCUT2D eigenvalue weighted by Crippen LogP contribution is 2.28. The zero-order chi connectivity index (χ0) is 25.1. The number of carbonyl (C=O) groups excluding carboxylic acids is 1. The molecular formula is C27H25N5O3S. The maximum absolute atomic E-state index is 13.4. The van der Waals surface area contributed by atoms with E-state index in [1.807, 2.05) is 91.0 Å². The van der Waals surface area contributed by atoms with Crippen molar-refractivity contribution in [3.8, 4) is 5.75 Å². The smallest absolute Gasteiger partial charge is 0.263 e. The van der Waals surface area contributed by atoms with Crippen LogP contribution >= 0.6 is 11.8 Å². The van der Waals surface area contributed by atoms with Crippen LogP contribution in [0.25, 0.3) is 16.7 Å². The van der Waals surface area contributed by atoms with Crippen molar-refractivity contribution in [2.75, 3.05) is 11.9 Å². The van der Waals surface area contributed by atoms with E-state index in [1.165, 1.54) is 11.8 Å². The molecule has 9 heteroatoms. The minimum atomic E-state index is -0.486. The van der Waals surface area contributed by atoms with Crippen LogP contribution in [-0.4, -0.2) is 36.9 Å². The molecule has 5 rings (SSSR count). The number of hydrogen-bond acceptors (Lipinski definition) is 6. The molecule has 0 aliphatic rings. The summed E-state index contributed by atoms with van der Waals surface area (Å²) < 4.78 is 9.09. The van der Waals surface area contributed by atoms with Crippen LogP contribution < -0.4 is 15.6 Å². The standard InChI is InChI=1S/C27H25N5O3S/c1-3-35-23-16-10-8-14-21(23)28-24(33)18(2)36-27-30-29-26-31(17-19-11-5-4-6-12-19)25(34)20-13-7-9-15-22(20)32(26)27/h4-16,18H,3,17H2,1-2H3,(H,28,33). The zero-order valence-electron chi connectivity index (χ0n) is 19.9. The van der Waals surface area contributed by atoms with Crippen molar-refractivity contribution in [1.29, 1.82) is 0 Å². The highest BCUT2D eigenvalue weighted by Gasteiger charge is 2.22. The predicted octanol–water partition coefficient (Wildman–Crippen LogP) is 4.61. The lowest BCUT2D eigenvalue weighted by Gasteiger charge is -2.15. The summed E-state index contributed by atoms with van der Waals surface area (Å²) in [6.45, 7) is 4.57. The topological polar surface area (TPSA) is 90.5 Å². The van der Waals surface area contributed by atoms with Crippen LogP contribution in [0.4, 0.5) is 5.69 Å². The third-order valence-electron chi connectivity index (χ3n) is 5.76. The van der Waals surface area contributed by atoms with Gasteiger partial charge in [-0.1, -0.05) is 66.4 Å². The van der Waals surface area contributed by atoms with Gasteiger partial charge in [-0.2, -0.15) is 0 Å². The van der Waals surface area contributed by atoms with Gasteiger partial charge >= 0.3 is 0 Å². The molecule has 5 aromatic rings. The Kier molecular flexibility index (Phi) is 6.73. The van der Waals surface area contributed by atoms with Crippen LogP contribution in [0.15, 0.2) is 88.8 Å². The Hall–Kier alpha value is -4.11. The van der Waals surface area contributed by atoms with Gasteiger partial charge in [0.1, 0.15) is 5.75 Å². The minimum Gasteiger partial charge on any atom is -0.492 e. The number of ether oxygens (including phenoxy) is 1. The number of thioether (sulfide) groups is 1. The molecule has 0 radical (unpaired) electrons. The lowest BCUT2D eigenvalue weighted by Crippen LogP contribution is -2.25. The highest BCUT2D eigenvalue weighted by molar-refractivity contribution is 8.00. The van der Waals surface area contributed by atoms with E-state index in [4.69, 9.17) is 4.74 Å². The normalized spacial score (nSPS) is 12.1. The van der Waals surface area contributed by atoms with E-state index in [0.29, 0.717) is 46.4 Å². The number of nitrogens with zero attached hydrogens (tertiary/aromatic N) is 4. The van der Waals surface area contributed by atoms with Crippen LogP contribution in [0.1, 0.15) is 19.4 Å². The summed E-state index contributed by atoms with van der Waals surface area (Å²) in [6, 6.07) is 24.5. The summed E-state index contributed by atoms with van der Waals surface area (Å²) >= 11 is 1.28. The van der Waals surface area contributed by atoms with Crippen molar-refractivity contribution in [2.24, 2.45) is 0 Å². The van der Waals surface area contributed by atoms with Gasteiger partial charge < -0.3 is 10.1 Å². The molecule has 1 amide bonds. The van der Waals surface area contributed by atoms with Crippen molar-refractivity contribution in [3.63, 3.8) is 0 Å². The fourth-order valence-corrected chi connectivity index (χ4v) is 4.87. The molecule has 0 bridgehead atoms. The Bertz CT molecular complexity index is 1600. The Balaban J connectivity index is 1.50. The number of hydrogen-bond donors (Lipinski definition) is 1. The Labute approximate surface area is 211 Å². The first kappa shape index (κ1) is 23.6. The Morgan fingerprint density at radius 1 is 1.00 bits per heavy atom. The van der Waals surface area contributed by atoms with Gasteiger partial charge in [-0.05, 0) is 43.7 Å². The van der Waals surface area contributed by atoms with E-state index < -0.39 is 5.25 Å². The predicted molar refractivity (Wildman–Crippen MR) is 142 cm³/mol. The zero-order valence-corrected chi connectivity index (χ0v) is 20.7. The second kappa shape index (κ2) is 10.2. The Morgan fingerprint density at radius 3 is 2.53 bits per heavy atom. The van der Waals surface area contributed by atoms with E-state index in [9.17, 15) is 9.59 Å². The maximum atomic E-state index is 13.4. The summed E-state index contributed by atoms with van der Waals surface area (Å²) in [5.74, 6) is 0.861. The quantitative estimate of drug-likeness (QED) is 0.314. The third kappa shape index (κ3) is 4.57. The van der Waals surface area contributed by atoms with Gasteiger partial charge in [-0.3, -0.25) is 18.6 Å². The molecule has 0 aliphatic heterocycles. The number of para-hydroxylation sites is 3. The molecular weight excluding hydrogens is 474 g/mol. The number of carbonyl (C=O) groups is 1. The molecule has 0 saturated heterocycles. The molecule has 2 aromatic heterocycles. The molecule has 1 unspecified atom stereocenters. The van der Waals surface area contributed by atoms with Gasteiger partial charge in [0.2, 0.25) is 11.7 Å². The molecule has 0 fully saturated rings. The SMILES string of the molecule is CCOc1ccccc1NC(=O)C(C)Sc1nnc2n(Cc3ccccc3)c(=O)c3ccccc3n12. The van der Waals surface area contributed by atoms with Gasteiger partial charge in [0.05, 0.1) is 35.0 Å². The molecule has 1 N–H and O–H groups in total. The number of fused-ring (bicyclic) bond motifs is 3. The highest BCUT2D eigenvalue weighted by atomic mass is 32.2. The molecule has 2 heterocycles. The van der Waals surface area contributed by atoms with Gasteiger partial charge in [0, 0.05) is 0 Å². The fraction of sp³-hybridized carbons (Fsp3) is 0.185. The van der Waals surface area contributed by atoms with Crippen molar-refractivity contribution in [2.45, 2.75) is 30.8 Å². The molecule has 8 nitrogen and oxygen atoms in total. The summed E-state index contributed by atoms with van der Waals surface area (Å²) in [5.41, 5.74) is 2.16. The molecule has 0 spiro atoms. The van der Waals surface area contributed by atoms with Crippen LogP contribution in [0.2, 0.25) is 0 Å². The molecule has 182 valence electrons. The van der Waals surface area contributed by atoms with E-state index in [2.05, 4.69) is 15.5 Å². The first-order valence-corrected chi connectivity index (χ1v) is 12.5. The number of rotatable bonds is 8. The second-order valence-corrected chi connectivity index (χ2v) is 9.50. The third-order valence-corrected chi connectivity index (χ3v) is 6.80. The molecule has 1 atom stereocenters. The van der Waals surface area contributed by atoms with Gasteiger partial charge in [-0.15, -0.1) is 10.2 Å². The first-order valence-electron chi connectivity index (χ1n) is 11.7. The van der Waals surface area contributed by atoms with E-state index in [0.717, 1.165) is 5.56 Å². The van der Waals surface area contributed by atoms with Crippen LogP contribution in [-0.2, 0) is 11.3 Å². The van der Waals surface area contributed by atoms with E-state index in [1.54, 1.807) is 10.6 Å². The molecule has 3 aromatic carbocycles. The monoisotopic (exact) mass is 499 g/mol. The van der Waals surface area contributed by atoms with Crippen molar-refractivity contribution in [3.05, 3.63) is 94.8 Å². The average molecular weight is 500 g/mol. The first-order chi connectivity index (χ1) is 17.6. The number of aromatic nitrogens is 4. The number of nitrogens with one attached hydrogen (secondary N) is 1. The van der Waals surface area contributed by atoms with Gasteiger partial charge in [-0.25, -0.2) is 0 Å². The summed E-state index contributed by atoms with van der Waals surface area (Å²) in [4.78, 5) is 26.4. The number of anilines is 1. The van der Waals surface area contributed by atoms with Crippen LogP contribution in [0, 0.1) is 0 Å². The molecule has 0 saturated carbocycles. The molecule has 36 heavy (non-hydrogen) atoms. The van der Waals surface area contributed by atoms with E-state index >= 15 is 0 Å². The summed E-state index contributed by atoms with van der Waals surface area (Å²) in [6.07, 6.45) is 0. The lowest BCUT2D eigenvalue weighted by atomic mass is 10.2. The van der Waals surface area contributed by atoms with Crippen molar-refractivity contribution >= 4 is 40.0 Å². The fourth-order valence-electron chi connectivity index (χ4n) is 4.02. The molecule has 0 aliphatic carbocycles. The summed E-state index contributed by atoms with van der Waals surface area (Å²) in [7, 11) is 0. The lowest BCUT2D eigenvalue weighted by molar-refractivity contribution is -0.115. The largest absolute Gasteiger partial charge is 0.492 e. The van der Waals surface area contributed by atoms with Crippen molar-refractivity contribution in [1.82, 2.24) is 19.2 Å². The van der Waals surface area contributed by atoms with Crippen LogP contribution in [0.5, 0.6) is 5.75 Å². The van der Waals surface area contributed by atoms with Gasteiger partial charge in [0.15, 0.2) is 5.16 Å². The second-order valence-electron chi connectivity index (χ2n) is 8.19. The summed E-state index contributed by atoms with van der Waals surface area (Å²) in [5, 5.41) is 12.3.